The maximum atomic E-state index is 12.2. The molecule has 1 aliphatic carbocycles. The molecule has 2 amide bonds. The topological polar surface area (TPSA) is 63.7 Å². The van der Waals surface area contributed by atoms with Crippen LogP contribution in [0, 0.1) is 0 Å². The summed E-state index contributed by atoms with van der Waals surface area (Å²) < 4.78 is 4.77. The number of ether oxygens (including phenoxy) is 1. The van der Waals surface area contributed by atoms with E-state index >= 15 is 0 Å². The molecule has 0 unspecified atom stereocenters. The molecule has 0 N–H and O–H groups in total. The van der Waals surface area contributed by atoms with Crippen LogP contribution in [0.15, 0.2) is 10.5 Å². The molecular weight excluding hydrogens is 266 g/mol. The minimum absolute atomic E-state index is 0.246. The first-order chi connectivity index (χ1) is 9.13. The van der Waals surface area contributed by atoms with Gasteiger partial charge in [-0.3, -0.25) is 19.3 Å². The minimum atomic E-state index is -0.542. The number of nitrogens with zero attached hydrogens (tertiary/aromatic N) is 1. The van der Waals surface area contributed by atoms with E-state index in [0.717, 1.165) is 47.9 Å². The van der Waals surface area contributed by atoms with Crippen LogP contribution in [0.25, 0.3) is 0 Å². The number of amides is 2. The predicted octanol–water partition coefficient (Wildman–Crippen LogP) is 2.46. The molecule has 1 aliphatic heterocycles. The maximum absolute atomic E-state index is 12.2. The van der Waals surface area contributed by atoms with E-state index in [2.05, 4.69) is 0 Å². The lowest BCUT2D eigenvalue weighted by Gasteiger charge is -2.15. The van der Waals surface area contributed by atoms with E-state index in [0.29, 0.717) is 4.91 Å². The monoisotopic (exact) mass is 283 g/mol. The van der Waals surface area contributed by atoms with Gasteiger partial charge in [-0.05, 0) is 44.4 Å². The van der Waals surface area contributed by atoms with Gasteiger partial charge in [-0.1, -0.05) is 12.0 Å². The summed E-state index contributed by atoms with van der Waals surface area (Å²) in [7, 11) is 0. The van der Waals surface area contributed by atoms with Gasteiger partial charge >= 0.3 is 5.97 Å². The van der Waals surface area contributed by atoms with Crippen LogP contribution in [-0.4, -0.2) is 35.2 Å². The molecule has 2 aliphatic rings. The van der Waals surface area contributed by atoms with E-state index in [4.69, 9.17) is 4.74 Å². The molecule has 2 rings (SSSR count). The van der Waals surface area contributed by atoms with Crippen LogP contribution in [0.4, 0.5) is 4.79 Å². The highest BCUT2D eigenvalue weighted by molar-refractivity contribution is 8.18. The highest BCUT2D eigenvalue weighted by atomic mass is 32.2. The molecule has 104 valence electrons. The third-order valence-electron chi connectivity index (χ3n) is 3.22. The fraction of sp³-hybridized carbons (Fsp3) is 0.615. The normalized spacial score (nSPS) is 20.2. The molecule has 1 saturated heterocycles. The lowest BCUT2D eigenvalue weighted by Crippen LogP contribution is -2.34. The lowest BCUT2D eigenvalue weighted by molar-refractivity contribution is -0.146. The van der Waals surface area contributed by atoms with Crippen LogP contribution >= 0.6 is 11.8 Å². The average Bonchev–Trinajstić information content (AvgIpc) is 2.68. The molecule has 0 bridgehead atoms. The fourth-order valence-corrected chi connectivity index (χ4v) is 3.27. The van der Waals surface area contributed by atoms with Gasteiger partial charge in [0.25, 0.3) is 11.1 Å². The van der Waals surface area contributed by atoms with Crippen molar-refractivity contribution in [2.24, 2.45) is 0 Å². The molecule has 1 heterocycles. The van der Waals surface area contributed by atoms with E-state index in [1.54, 1.807) is 6.92 Å². The van der Waals surface area contributed by atoms with Gasteiger partial charge in [0.05, 0.1) is 11.5 Å². The van der Waals surface area contributed by atoms with Crippen LogP contribution < -0.4 is 0 Å². The Morgan fingerprint density at radius 3 is 2.58 bits per heavy atom. The van der Waals surface area contributed by atoms with Gasteiger partial charge in [-0.25, -0.2) is 0 Å². The first kappa shape index (κ1) is 14.1. The number of hydrogen-bond acceptors (Lipinski definition) is 5. The van der Waals surface area contributed by atoms with Crippen molar-refractivity contribution in [3.05, 3.63) is 10.5 Å². The zero-order valence-electron chi connectivity index (χ0n) is 10.9. The molecular formula is C13H17NO4S. The Morgan fingerprint density at radius 2 is 1.95 bits per heavy atom. The summed E-state index contributed by atoms with van der Waals surface area (Å²) >= 11 is 0.958. The van der Waals surface area contributed by atoms with Crippen molar-refractivity contribution in [1.82, 2.24) is 4.90 Å². The third kappa shape index (κ3) is 3.18. The zero-order valence-corrected chi connectivity index (χ0v) is 11.8. The Morgan fingerprint density at radius 1 is 1.26 bits per heavy atom. The zero-order chi connectivity index (χ0) is 13.8. The van der Waals surface area contributed by atoms with Crippen LogP contribution in [0.5, 0.6) is 0 Å². The van der Waals surface area contributed by atoms with Crippen molar-refractivity contribution in [3.63, 3.8) is 0 Å². The predicted molar refractivity (Wildman–Crippen MR) is 71.4 cm³/mol. The second-order valence-electron chi connectivity index (χ2n) is 4.56. The van der Waals surface area contributed by atoms with Crippen LogP contribution in [-0.2, 0) is 14.3 Å². The number of carbonyl (C=O) groups excluding carboxylic acids is 3. The van der Waals surface area contributed by atoms with Crippen molar-refractivity contribution in [2.75, 3.05) is 13.2 Å². The number of rotatable bonds is 3. The molecule has 0 aromatic carbocycles. The Labute approximate surface area is 116 Å². The fourth-order valence-electron chi connectivity index (χ4n) is 2.29. The van der Waals surface area contributed by atoms with Crippen LogP contribution in [0.1, 0.15) is 39.0 Å². The Bertz CT molecular complexity index is 436. The molecule has 0 atom stereocenters. The van der Waals surface area contributed by atoms with Gasteiger partial charge in [0.15, 0.2) is 0 Å². The Hall–Kier alpha value is -1.30. The number of allylic oxidation sites excluding steroid dienone is 1. The van der Waals surface area contributed by atoms with E-state index in [1.807, 2.05) is 0 Å². The summed E-state index contributed by atoms with van der Waals surface area (Å²) in [5.74, 6) is -0.875. The number of esters is 1. The van der Waals surface area contributed by atoms with E-state index in [-0.39, 0.29) is 24.3 Å². The van der Waals surface area contributed by atoms with Crippen molar-refractivity contribution < 1.29 is 19.1 Å². The number of carbonyl (C=O) groups is 3. The molecule has 5 nitrogen and oxygen atoms in total. The standard InChI is InChI=1S/C13H17NO4S/c1-2-18-10(15)8-14-12(16)11(19-13(14)17)9-6-4-3-5-7-9/h2-8H2,1H3. The molecule has 0 spiro atoms. The van der Waals surface area contributed by atoms with Gasteiger partial charge < -0.3 is 4.74 Å². The first-order valence-corrected chi connectivity index (χ1v) is 7.36. The summed E-state index contributed by atoms with van der Waals surface area (Å²) in [5, 5.41) is -0.369. The van der Waals surface area contributed by atoms with E-state index in [1.165, 1.54) is 6.42 Å². The second kappa shape index (κ2) is 6.23. The largest absolute Gasteiger partial charge is 0.465 e. The summed E-state index contributed by atoms with van der Waals surface area (Å²) in [5.41, 5.74) is 1.07. The Kier molecular flexibility index (Phi) is 4.63. The summed E-state index contributed by atoms with van der Waals surface area (Å²) in [6.45, 7) is 1.65. The minimum Gasteiger partial charge on any atom is -0.465 e. The summed E-state index contributed by atoms with van der Waals surface area (Å²) in [6.07, 6.45) is 5.08. The molecule has 6 heteroatoms. The van der Waals surface area contributed by atoms with Gasteiger partial charge in [0.1, 0.15) is 6.54 Å². The number of hydrogen-bond donors (Lipinski definition) is 0. The SMILES string of the molecule is CCOC(=O)CN1C(=O)SC(=C2CCCCC2)C1=O. The van der Waals surface area contributed by atoms with Gasteiger partial charge in [-0.2, -0.15) is 0 Å². The lowest BCUT2D eigenvalue weighted by atomic mass is 9.94. The second-order valence-corrected chi connectivity index (χ2v) is 5.52. The van der Waals surface area contributed by atoms with E-state index in [9.17, 15) is 14.4 Å². The number of imide groups is 1. The van der Waals surface area contributed by atoms with Crippen molar-refractivity contribution >= 4 is 28.9 Å². The molecule has 0 aromatic rings. The highest BCUT2D eigenvalue weighted by Crippen LogP contribution is 2.37. The quantitative estimate of drug-likeness (QED) is 0.588. The van der Waals surface area contributed by atoms with Crippen LogP contribution in [0.2, 0.25) is 0 Å². The number of thioether (sulfide) groups is 1. The van der Waals surface area contributed by atoms with E-state index < -0.39 is 5.97 Å². The molecule has 2 fully saturated rings. The summed E-state index contributed by atoms with van der Waals surface area (Å²) in [6, 6.07) is 0. The highest BCUT2D eigenvalue weighted by Gasteiger charge is 2.38. The molecule has 1 saturated carbocycles. The Balaban J connectivity index is 2.09. The van der Waals surface area contributed by atoms with Crippen molar-refractivity contribution in [1.29, 1.82) is 0 Å². The molecule has 19 heavy (non-hydrogen) atoms. The molecule has 0 radical (unpaired) electrons. The van der Waals surface area contributed by atoms with Gasteiger partial charge in [-0.15, -0.1) is 0 Å². The molecule has 0 aromatic heterocycles. The van der Waals surface area contributed by atoms with Crippen molar-refractivity contribution in [3.8, 4) is 0 Å². The van der Waals surface area contributed by atoms with Gasteiger partial charge in [0.2, 0.25) is 0 Å². The van der Waals surface area contributed by atoms with Gasteiger partial charge in [0, 0.05) is 0 Å². The first-order valence-electron chi connectivity index (χ1n) is 6.54. The average molecular weight is 283 g/mol. The summed E-state index contributed by atoms with van der Waals surface area (Å²) in [4.78, 5) is 36.9. The smallest absolute Gasteiger partial charge is 0.326 e. The van der Waals surface area contributed by atoms with Crippen LogP contribution in [0.3, 0.4) is 0 Å². The maximum Gasteiger partial charge on any atom is 0.326 e. The van der Waals surface area contributed by atoms with Crippen molar-refractivity contribution in [2.45, 2.75) is 39.0 Å². The third-order valence-corrected chi connectivity index (χ3v) is 4.28.